The fraction of sp³-hybridized carbons (Fsp3) is 0.263. The summed E-state index contributed by atoms with van der Waals surface area (Å²) < 4.78 is 32.4. The number of ether oxygens (including phenoxy) is 1. The second-order valence-corrected chi connectivity index (χ2v) is 7.56. The minimum Gasteiger partial charge on any atom is -0.462 e. The lowest BCUT2D eigenvalue weighted by Gasteiger charge is -2.10. The highest BCUT2D eigenvalue weighted by Gasteiger charge is 2.15. The van der Waals surface area contributed by atoms with Gasteiger partial charge < -0.3 is 10.1 Å². The third-order valence-electron chi connectivity index (χ3n) is 3.59. The lowest BCUT2D eigenvalue weighted by molar-refractivity contribution is -0.114. The van der Waals surface area contributed by atoms with Crippen molar-refractivity contribution in [3.05, 3.63) is 54.1 Å². The molecule has 2 rings (SSSR count). The van der Waals surface area contributed by atoms with Crippen molar-refractivity contribution in [2.45, 2.75) is 31.6 Å². The summed E-state index contributed by atoms with van der Waals surface area (Å²) in [5.41, 5.74) is 1.19. The Morgan fingerprint density at radius 2 is 1.56 bits per heavy atom. The Bertz CT molecular complexity index is 891. The fourth-order valence-electron chi connectivity index (χ4n) is 2.20. The largest absolute Gasteiger partial charge is 0.462 e. The molecule has 2 N–H and O–H groups in total. The Kier molecular flexibility index (Phi) is 6.95. The summed E-state index contributed by atoms with van der Waals surface area (Å²) in [7, 11) is -3.79. The van der Waals surface area contributed by atoms with Gasteiger partial charge in [0.1, 0.15) is 0 Å². The molecule has 2 aromatic carbocycles. The Morgan fingerprint density at radius 1 is 0.963 bits per heavy atom. The number of unbranched alkanes of at least 4 members (excludes halogenated alkanes) is 1. The van der Waals surface area contributed by atoms with Crippen molar-refractivity contribution in [2.24, 2.45) is 0 Å². The van der Waals surface area contributed by atoms with Crippen LogP contribution in [0.25, 0.3) is 0 Å². The molecule has 0 spiro atoms. The van der Waals surface area contributed by atoms with Crippen LogP contribution in [-0.4, -0.2) is 26.9 Å². The van der Waals surface area contributed by atoms with Crippen LogP contribution >= 0.6 is 0 Å². The summed E-state index contributed by atoms with van der Waals surface area (Å²) in [5.74, 6) is -0.677. The first-order valence-corrected chi connectivity index (χ1v) is 9.98. The first-order valence-electron chi connectivity index (χ1n) is 8.49. The minimum absolute atomic E-state index is 0.0552. The molecule has 0 atom stereocenters. The summed E-state index contributed by atoms with van der Waals surface area (Å²) in [6.07, 6.45) is 1.73. The van der Waals surface area contributed by atoms with Crippen LogP contribution < -0.4 is 10.0 Å². The molecular weight excluding hydrogens is 368 g/mol. The number of carbonyl (C=O) groups excluding carboxylic acids is 2. The number of anilines is 2. The smallest absolute Gasteiger partial charge is 0.338 e. The summed E-state index contributed by atoms with van der Waals surface area (Å²) in [5, 5.41) is 2.57. The third-order valence-corrected chi connectivity index (χ3v) is 4.99. The van der Waals surface area contributed by atoms with Gasteiger partial charge in [0.25, 0.3) is 10.0 Å². The maximum atomic E-state index is 12.4. The van der Waals surface area contributed by atoms with Crippen molar-refractivity contribution >= 4 is 33.3 Å². The van der Waals surface area contributed by atoms with Gasteiger partial charge in [0.2, 0.25) is 5.91 Å². The number of amides is 1. The maximum Gasteiger partial charge on any atom is 0.338 e. The monoisotopic (exact) mass is 390 g/mol. The predicted molar refractivity (Wildman–Crippen MR) is 103 cm³/mol. The number of sulfonamides is 1. The molecule has 0 fully saturated rings. The molecule has 0 saturated heterocycles. The molecule has 0 aliphatic heterocycles. The SMILES string of the molecule is CCCCOC(=O)c1ccc(NS(=O)(=O)c2ccc(NC(C)=O)cc2)cc1. The van der Waals surface area contributed by atoms with E-state index >= 15 is 0 Å². The Labute approximate surface area is 158 Å². The van der Waals surface area contributed by atoms with E-state index in [-0.39, 0.29) is 10.8 Å². The van der Waals surface area contributed by atoms with Crippen LogP contribution in [0.1, 0.15) is 37.0 Å². The molecule has 8 heteroatoms. The average molecular weight is 390 g/mol. The van der Waals surface area contributed by atoms with Gasteiger partial charge in [-0.2, -0.15) is 0 Å². The number of nitrogens with one attached hydrogen (secondary N) is 2. The van der Waals surface area contributed by atoms with Gasteiger partial charge in [0.05, 0.1) is 17.1 Å². The number of rotatable bonds is 8. The van der Waals surface area contributed by atoms with E-state index < -0.39 is 16.0 Å². The molecule has 7 nitrogen and oxygen atoms in total. The average Bonchev–Trinajstić information content (AvgIpc) is 2.62. The summed E-state index contributed by atoms with van der Waals surface area (Å²) >= 11 is 0. The van der Waals surface area contributed by atoms with Crippen LogP contribution in [0, 0.1) is 0 Å². The summed E-state index contributed by atoms with van der Waals surface area (Å²) in [6.45, 7) is 3.73. The van der Waals surface area contributed by atoms with Crippen molar-refractivity contribution in [1.82, 2.24) is 0 Å². The highest BCUT2D eigenvalue weighted by atomic mass is 32.2. The van der Waals surface area contributed by atoms with E-state index in [0.717, 1.165) is 12.8 Å². The van der Waals surface area contributed by atoms with Gasteiger partial charge in [-0.3, -0.25) is 9.52 Å². The van der Waals surface area contributed by atoms with E-state index in [1.807, 2.05) is 6.92 Å². The molecule has 27 heavy (non-hydrogen) atoms. The molecule has 0 heterocycles. The van der Waals surface area contributed by atoms with Gasteiger partial charge in [0, 0.05) is 18.3 Å². The second-order valence-electron chi connectivity index (χ2n) is 5.88. The zero-order chi connectivity index (χ0) is 19.9. The molecule has 0 radical (unpaired) electrons. The van der Waals surface area contributed by atoms with Crippen LogP contribution in [0.15, 0.2) is 53.4 Å². The Morgan fingerprint density at radius 3 is 2.11 bits per heavy atom. The summed E-state index contributed by atoms with van der Waals surface area (Å²) in [4.78, 5) is 22.9. The van der Waals surface area contributed by atoms with E-state index in [0.29, 0.717) is 23.5 Å². The van der Waals surface area contributed by atoms with E-state index in [9.17, 15) is 18.0 Å². The van der Waals surface area contributed by atoms with Crippen molar-refractivity contribution < 1.29 is 22.7 Å². The number of benzene rings is 2. The van der Waals surface area contributed by atoms with E-state index in [1.165, 1.54) is 55.5 Å². The fourth-order valence-corrected chi connectivity index (χ4v) is 3.26. The van der Waals surface area contributed by atoms with Crippen LogP contribution in [0.3, 0.4) is 0 Å². The van der Waals surface area contributed by atoms with E-state index in [2.05, 4.69) is 10.0 Å². The molecular formula is C19H22N2O5S. The quantitative estimate of drug-likeness (QED) is 0.531. The van der Waals surface area contributed by atoms with Crippen LogP contribution in [0.5, 0.6) is 0 Å². The van der Waals surface area contributed by atoms with Gasteiger partial charge in [-0.05, 0) is 55.0 Å². The molecule has 2 aromatic rings. The van der Waals surface area contributed by atoms with Crippen molar-refractivity contribution in [2.75, 3.05) is 16.6 Å². The van der Waals surface area contributed by atoms with Crippen molar-refractivity contribution in [3.63, 3.8) is 0 Å². The normalized spacial score (nSPS) is 10.9. The Hall–Kier alpha value is -2.87. The molecule has 0 aromatic heterocycles. The summed E-state index contributed by atoms with van der Waals surface area (Å²) in [6, 6.07) is 11.8. The minimum atomic E-state index is -3.79. The van der Waals surface area contributed by atoms with Gasteiger partial charge in [0.15, 0.2) is 0 Å². The standard InChI is InChI=1S/C19H22N2O5S/c1-3-4-13-26-19(23)15-5-7-17(8-6-15)21-27(24,25)18-11-9-16(10-12-18)20-14(2)22/h5-12,21H,3-4,13H2,1-2H3,(H,20,22). The van der Waals surface area contributed by atoms with E-state index in [4.69, 9.17) is 4.74 Å². The van der Waals surface area contributed by atoms with Gasteiger partial charge >= 0.3 is 5.97 Å². The topological polar surface area (TPSA) is 102 Å². The first kappa shape index (κ1) is 20.4. The molecule has 0 saturated carbocycles. The molecule has 0 aliphatic rings. The third kappa shape index (κ3) is 6.10. The lowest BCUT2D eigenvalue weighted by Crippen LogP contribution is -2.13. The number of hydrogen-bond acceptors (Lipinski definition) is 5. The number of esters is 1. The van der Waals surface area contributed by atoms with E-state index in [1.54, 1.807) is 0 Å². The van der Waals surface area contributed by atoms with Crippen LogP contribution in [0.4, 0.5) is 11.4 Å². The van der Waals surface area contributed by atoms with Crippen LogP contribution in [-0.2, 0) is 19.6 Å². The molecule has 1 amide bonds. The van der Waals surface area contributed by atoms with Gasteiger partial charge in [-0.15, -0.1) is 0 Å². The number of carbonyl (C=O) groups is 2. The van der Waals surface area contributed by atoms with Crippen molar-refractivity contribution in [1.29, 1.82) is 0 Å². The molecule has 0 unspecified atom stereocenters. The highest BCUT2D eigenvalue weighted by Crippen LogP contribution is 2.19. The number of hydrogen-bond donors (Lipinski definition) is 2. The van der Waals surface area contributed by atoms with Crippen LogP contribution in [0.2, 0.25) is 0 Å². The maximum absolute atomic E-state index is 12.4. The predicted octanol–water partition coefficient (Wildman–Crippen LogP) is 3.40. The first-order chi connectivity index (χ1) is 12.8. The Balaban J connectivity index is 2.04. The zero-order valence-corrected chi connectivity index (χ0v) is 16.0. The van der Waals surface area contributed by atoms with Crippen molar-refractivity contribution in [3.8, 4) is 0 Å². The zero-order valence-electron chi connectivity index (χ0n) is 15.2. The lowest BCUT2D eigenvalue weighted by atomic mass is 10.2. The molecule has 144 valence electrons. The highest BCUT2D eigenvalue weighted by molar-refractivity contribution is 7.92. The van der Waals surface area contributed by atoms with Gasteiger partial charge in [-0.25, -0.2) is 13.2 Å². The van der Waals surface area contributed by atoms with Gasteiger partial charge in [-0.1, -0.05) is 13.3 Å². The molecule has 0 aliphatic carbocycles. The second kappa shape index (κ2) is 9.18. The molecule has 0 bridgehead atoms.